The van der Waals surface area contributed by atoms with E-state index in [1.165, 1.54) is 11.0 Å². The zero-order valence-corrected chi connectivity index (χ0v) is 22.6. The molecule has 0 saturated carbocycles. The van der Waals surface area contributed by atoms with E-state index in [1.807, 2.05) is 43.3 Å². The summed E-state index contributed by atoms with van der Waals surface area (Å²) >= 11 is 12.2. The number of anilines is 1. The van der Waals surface area contributed by atoms with Gasteiger partial charge in [0.15, 0.2) is 16.6 Å². The van der Waals surface area contributed by atoms with E-state index in [4.69, 9.17) is 21.7 Å². The number of nitrogens with zero attached hydrogens (tertiary/aromatic N) is 1. The Morgan fingerprint density at radius 1 is 1.00 bits per heavy atom. The summed E-state index contributed by atoms with van der Waals surface area (Å²) in [6.45, 7) is 2.65. The standard InChI is InChI=1S/C26H20Br2N2O4S/c1-2-33-22-13-17(12-21(28)23(22)34-15-16-7-4-3-5-8-16)11-20-24(31)29-26(35)30(25(20)32)19-10-6-9-18(27)14-19/h3-14H,2,15H2,1H3,(H,29,31,35)/b20-11+. The predicted molar refractivity (Wildman–Crippen MR) is 146 cm³/mol. The molecule has 1 aliphatic rings. The van der Waals surface area contributed by atoms with E-state index in [9.17, 15) is 9.59 Å². The molecule has 3 aromatic rings. The van der Waals surface area contributed by atoms with Gasteiger partial charge >= 0.3 is 0 Å². The summed E-state index contributed by atoms with van der Waals surface area (Å²) in [5, 5.41) is 2.62. The lowest BCUT2D eigenvalue weighted by molar-refractivity contribution is -0.122. The zero-order valence-electron chi connectivity index (χ0n) is 18.6. The Hall–Kier alpha value is -3.01. The minimum absolute atomic E-state index is 0.0242. The molecule has 0 spiro atoms. The van der Waals surface area contributed by atoms with Gasteiger partial charge in [-0.1, -0.05) is 52.3 Å². The van der Waals surface area contributed by atoms with Crippen molar-refractivity contribution in [2.24, 2.45) is 0 Å². The van der Waals surface area contributed by atoms with Gasteiger partial charge in [-0.05, 0) is 82.6 Å². The van der Waals surface area contributed by atoms with Crippen LogP contribution in [0.25, 0.3) is 6.08 Å². The zero-order chi connectivity index (χ0) is 24.9. The Bertz CT molecular complexity index is 1330. The normalized spacial score (nSPS) is 14.8. The topological polar surface area (TPSA) is 67.9 Å². The van der Waals surface area contributed by atoms with Crippen molar-refractivity contribution in [3.05, 3.63) is 92.4 Å². The van der Waals surface area contributed by atoms with Crippen LogP contribution < -0.4 is 19.7 Å². The van der Waals surface area contributed by atoms with Crippen LogP contribution in [0.4, 0.5) is 5.69 Å². The molecule has 2 amide bonds. The van der Waals surface area contributed by atoms with Crippen molar-refractivity contribution in [1.82, 2.24) is 5.32 Å². The second-order valence-electron chi connectivity index (χ2n) is 7.47. The first kappa shape index (κ1) is 25.1. The number of carbonyl (C=O) groups is 2. The van der Waals surface area contributed by atoms with Gasteiger partial charge in [0.2, 0.25) is 0 Å². The molecule has 4 rings (SSSR count). The number of thiocarbonyl (C=S) groups is 1. The van der Waals surface area contributed by atoms with Crippen molar-refractivity contribution in [2.45, 2.75) is 13.5 Å². The van der Waals surface area contributed by atoms with E-state index < -0.39 is 11.8 Å². The highest BCUT2D eigenvalue weighted by Crippen LogP contribution is 2.38. The molecule has 3 aromatic carbocycles. The molecule has 0 bridgehead atoms. The quantitative estimate of drug-likeness (QED) is 0.200. The maximum absolute atomic E-state index is 13.3. The molecule has 178 valence electrons. The van der Waals surface area contributed by atoms with Gasteiger partial charge in [-0.3, -0.25) is 19.8 Å². The van der Waals surface area contributed by atoms with Gasteiger partial charge in [0.05, 0.1) is 16.8 Å². The number of amides is 2. The highest BCUT2D eigenvalue weighted by Gasteiger charge is 2.34. The molecular formula is C26H20Br2N2O4S. The van der Waals surface area contributed by atoms with Gasteiger partial charge in [-0.25, -0.2) is 0 Å². The number of rotatable bonds is 7. The number of ether oxygens (including phenoxy) is 2. The highest BCUT2D eigenvalue weighted by molar-refractivity contribution is 9.10. The number of benzene rings is 3. The molecule has 1 fully saturated rings. The summed E-state index contributed by atoms with van der Waals surface area (Å²) < 4.78 is 13.2. The Balaban J connectivity index is 1.67. The summed E-state index contributed by atoms with van der Waals surface area (Å²) in [6.07, 6.45) is 1.51. The monoisotopic (exact) mass is 614 g/mol. The largest absolute Gasteiger partial charge is 0.490 e. The maximum Gasteiger partial charge on any atom is 0.270 e. The Labute approximate surface area is 225 Å². The van der Waals surface area contributed by atoms with Crippen LogP contribution in [0.5, 0.6) is 11.5 Å². The van der Waals surface area contributed by atoms with E-state index in [0.717, 1.165) is 10.0 Å². The van der Waals surface area contributed by atoms with Crippen LogP contribution in [-0.4, -0.2) is 23.5 Å². The fourth-order valence-corrected chi connectivity index (χ4v) is 4.72. The van der Waals surface area contributed by atoms with Gasteiger partial charge < -0.3 is 9.47 Å². The molecule has 1 aliphatic heterocycles. The Morgan fingerprint density at radius 3 is 2.49 bits per heavy atom. The molecule has 0 aromatic heterocycles. The fourth-order valence-electron chi connectivity index (χ4n) is 3.48. The summed E-state index contributed by atoms with van der Waals surface area (Å²) in [5.41, 5.74) is 2.10. The van der Waals surface area contributed by atoms with Gasteiger partial charge in [-0.2, -0.15) is 0 Å². The van der Waals surface area contributed by atoms with Crippen molar-refractivity contribution in [3.63, 3.8) is 0 Å². The summed E-state index contributed by atoms with van der Waals surface area (Å²) in [5.74, 6) is -0.0537. The number of hydrogen-bond donors (Lipinski definition) is 1. The second kappa shape index (κ2) is 11.2. The average molecular weight is 616 g/mol. The summed E-state index contributed by atoms with van der Waals surface area (Å²) in [7, 11) is 0. The molecule has 1 N–H and O–H groups in total. The van der Waals surface area contributed by atoms with Gasteiger partial charge in [0.25, 0.3) is 11.8 Å². The number of hydrogen-bond acceptors (Lipinski definition) is 5. The molecular weight excluding hydrogens is 596 g/mol. The lowest BCUT2D eigenvalue weighted by Crippen LogP contribution is -2.54. The van der Waals surface area contributed by atoms with E-state index in [0.29, 0.717) is 40.4 Å². The molecule has 35 heavy (non-hydrogen) atoms. The minimum Gasteiger partial charge on any atom is -0.490 e. The number of carbonyl (C=O) groups excluding carboxylic acids is 2. The molecule has 0 unspecified atom stereocenters. The van der Waals surface area contributed by atoms with Crippen LogP contribution in [0.2, 0.25) is 0 Å². The van der Waals surface area contributed by atoms with Gasteiger partial charge in [0, 0.05) is 4.47 Å². The van der Waals surface area contributed by atoms with Crippen LogP contribution in [-0.2, 0) is 16.2 Å². The number of nitrogens with one attached hydrogen (secondary N) is 1. The lowest BCUT2D eigenvalue weighted by Gasteiger charge is -2.29. The highest BCUT2D eigenvalue weighted by atomic mass is 79.9. The van der Waals surface area contributed by atoms with Crippen LogP contribution >= 0.6 is 44.1 Å². The minimum atomic E-state index is -0.565. The van der Waals surface area contributed by atoms with Crippen LogP contribution in [0.3, 0.4) is 0 Å². The molecule has 0 radical (unpaired) electrons. The SMILES string of the molecule is CCOc1cc(/C=C2\C(=O)NC(=S)N(c3cccc(Br)c3)C2=O)cc(Br)c1OCc1ccccc1. The fraction of sp³-hybridized carbons (Fsp3) is 0.115. The Morgan fingerprint density at radius 2 is 1.77 bits per heavy atom. The van der Waals surface area contributed by atoms with E-state index >= 15 is 0 Å². The first-order valence-corrected chi connectivity index (χ1v) is 12.7. The van der Waals surface area contributed by atoms with E-state index in [-0.39, 0.29) is 10.7 Å². The maximum atomic E-state index is 13.3. The molecule has 1 heterocycles. The van der Waals surface area contributed by atoms with Gasteiger partial charge in [-0.15, -0.1) is 0 Å². The molecule has 0 aliphatic carbocycles. The van der Waals surface area contributed by atoms with Crippen molar-refractivity contribution in [2.75, 3.05) is 11.5 Å². The lowest BCUT2D eigenvalue weighted by atomic mass is 10.1. The van der Waals surface area contributed by atoms with Crippen LogP contribution in [0.1, 0.15) is 18.1 Å². The molecule has 1 saturated heterocycles. The third kappa shape index (κ3) is 5.80. The summed E-state index contributed by atoms with van der Waals surface area (Å²) in [4.78, 5) is 27.3. The van der Waals surface area contributed by atoms with E-state index in [2.05, 4.69) is 37.2 Å². The molecule has 6 nitrogen and oxygen atoms in total. The third-order valence-electron chi connectivity index (χ3n) is 5.04. The third-order valence-corrected chi connectivity index (χ3v) is 6.40. The summed E-state index contributed by atoms with van der Waals surface area (Å²) in [6, 6.07) is 20.4. The van der Waals surface area contributed by atoms with Crippen molar-refractivity contribution < 1.29 is 19.1 Å². The predicted octanol–water partition coefficient (Wildman–Crippen LogP) is 6.02. The molecule has 9 heteroatoms. The second-order valence-corrected chi connectivity index (χ2v) is 9.63. The smallest absolute Gasteiger partial charge is 0.270 e. The van der Waals surface area contributed by atoms with Crippen molar-refractivity contribution in [1.29, 1.82) is 0 Å². The Kier molecular flexibility index (Phi) is 8.00. The average Bonchev–Trinajstić information content (AvgIpc) is 2.82. The molecule has 0 atom stereocenters. The van der Waals surface area contributed by atoms with Crippen molar-refractivity contribution in [3.8, 4) is 11.5 Å². The first-order valence-electron chi connectivity index (χ1n) is 10.7. The first-order chi connectivity index (χ1) is 16.9. The van der Waals surface area contributed by atoms with Crippen LogP contribution in [0.15, 0.2) is 81.2 Å². The van der Waals surface area contributed by atoms with E-state index in [1.54, 1.807) is 30.3 Å². The number of halogens is 2. The van der Waals surface area contributed by atoms with Gasteiger partial charge in [0.1, 0.15) is 12.2 Å². The van der Waals surface area contributed by atoms with Crippen molar-refractivity contribution >= 4 is 72.8 Å². The van der Waals surface area contributed by atoms with Crippen LogP contribution in [0, 0.1) is 0 Å².